The van der Waals surface area contributed by atoms with E-state index in [9.17, 15) is 8.42 Å². The van der Waals surface area contributed by atoms with Crippen LogP contribution in [0.15, 0.2) is 41.8 Å². The van der Waals surface area contributed by atoms with Crippen molar-refractivity contribution in [3.63, 3.8) is 0 Å². The zero-order chi connectivity index (χ0) is 12.5. The normalized spacial score (nSPS) is 11.6. The zero-order valence-electron chi connectivity index (χ0n) is 9.79. The summed E-state index contributed by atoms with van der Waals surface area (Å²) in [6.45, 7) is 2.08. The van der Waals surface area contributed by atoms with Gasteiger partial charge in [0.1, 0.15) is 0 Å². The Morgan fingerprint density at radius 3 is 2.41 bits per heavy atom. The monoisotopic (exact) mass is 250 g/mol. The number of hydrogen-bond donors (Lipinski definition) is 0. The van der Waals surface area contributed by atoms with Crippen molar-refractivity contribution in [1.82, 2.24) is 9.55 Å². The lowest BCUT2D eigenvalue weighted by Crippen LogP contribution is -2.07. The Morgan fingerprint density at radius 1 is 1.24 bits per heavy atom. The molecule has 0 atom stereocenters. The maximum Gasteiger partial charge on any atom is 0.231 e. The molecule has 0 amide bonds. The fraction of sp³-hybridized carbons (Fsp3) is 0.250. The Hall–Kier alpha value is -1.62. The van der Waals surface area contributed by atoms with Gasteiger partial charge in [-0.2, -0.15) is 0 Å². The largest absolute Gasteiger partial charge is 0.291 e. The highest BCUT2D eigenvalue weighted by Crippen LogP contribution is 2.15. The van der Waals surface area contributed by atoms with Gasteiger partial charge in [0.2, 0.25) is 15.0 Å². The summed E-state index contributed by atoms with van der Waals surface area (Å²) in [4.78, 5) is 3.88. The summed E-state index contributed by atoms with van der Waals surface area (Å²) >= 11 is 0. The average Bonchev–Trinajstić information content (AvgIpc) is 2.78. The van der Waals surface area contributed by atoms with Crippen LogP contribution in [0.1, 0.15) is 12.5 Å². The van der Waals surface area contributed by atoms with Crippen LogP contribution < -0.4 is 0 Å². The van der Waals surface area contributed by atoms with Crippen LogP contribution in [-0.2, 0) is 16.3 Å². The third-order valence-corrected chi connectivity index (χ3v) is 3.53. The molecule has 1 aromatic carbocycles. The smallest absolute Gasteiger partial charge is 0.231 e. The van der Waals surface area contributed by atoms with Gasteiger partial charge in [0.05, 0.1) is 0 Å². The third kappa shape index (κ3) is 2.39. The van der Waals surface area contributed by atoms with E-state index in [1.807, 2.05) is 24.3 Å². The molecule has 0 radical (unpaired) electrons. The highest BCUT2D eigenvalue weighted by Gasteiger charge is 2.15. The van der Waals surface area contributed by atoms with Crippen LogP contribution in [0.4, 0.5) is 0 Å². The Balaban J connectivity index is 2.50. The van der Waals surface area contributed by atoms with Crippen molar-refractivity contribution in [2.24, 2.45) is 0 Å². The molecule has 0 bridgehead atoms. The highest BCUT2D eigenvalue weighted by molar-refractivity contribution is 7.90. The number of nitrogens with zero attached hydrogens (tertiary/aromatic N) is 2. The number of sulfone groups is 1. The first-order chi connectivity index (χ1) is 8.02. The molecule has 1 aromatic heterocycles. The van der Waals surface area contributed by atoms with Crippen molar-refractivity contribution in [3.8, 4) is 5.69 Å². The van der Waals surface area contributed by atoms with E-state index in [0.717, 1.165) is 18.4 Å². The maximum atomic E-state index is 11.5. The molecule has 90 valence electrons. The minimum absolute atomic E-state index is 0.0711. The van der Waals surface area contributed by atoms with Crippen LogP contribution in [0.5, 0.6) is 0 Å². The first kappa shape index (κ1) is 11.9. The van der Waals surface area contributed by atoms with Gasteiger partial charge in [-0.25, -0.2) is 13.4 Å². The van der Waals surface area contributed by atoms with E-state index in [0.29, 0.717) is 0 Å². The van der Waals surface area contributed by atoms with Crippen molar-refractivity contribution in [1.29, 1.82) is 0 Å². The summed E-state index contributed by atoms with van der Waals surface area (Å²) in [6.07, 6.45) is 5.26. The summed E-state index contributed by atoms with van der Waals surface area (Å²) in [5.41, 5.74) is 2.02. The van der Waals surface area contributed by atoms with Gasteiger partial charge in [0.15, 0.2) is 0 Å². The van der Waals surface area contributed by atoms with Crippen LogP contribution in [0, 0.1) is 0 Å². The van der Waals surface area contributed by atoms with Gasteiger partial charge in [0, 0.05) is 24.3 Å². The number of hydrogen-bond acceptors (Lipinski definition) is 3. The molecule has 0 saturated heterocycles. The molecule has 17 heavy (non-hydrogen) atoms. The molecule has 0 aliphatic carbocycles. The van der Waals surface area contributed by atoms with Gasteiger partial charge in [-0.1, -0.05) is 19.1 Å². The summed E-state index contributed by atoms with van der Waals surface area (Å²) in [7, 11) is -3.30. The van der Waals surface area contributed by atoms with Crippen molar-refractivity contribution in [2.75, 3.05) is 6.26 Å². The second-order valence-electron chi connectivity index (χ2n) is 3.87. The SMILES string of the molecule is CCc1ccc(-n2ccnc2S(C)(=O)=O)cc1. The molecule has 0 aliphatic heterocycles. The molecule has 0 aliphatic rings. The van der Waals surface area contributed by atoms with Crippen molar-refractivity contribution in [3.05, 3.63) is 42.2 Å². The van der Waals surface area contributed by atoms with E-state index in [2.05, 4.69) is 11.9 Å². The molecular weight excluding hydrogens is 236 g/mol. The molecule has 0 N–H and O–H groups in total. The molecule has 0 unspecified atom stereocenters. The second kappa shape index (κ2) is 4.33. The molecule has 4 nitrogen and oxygen atoms in total. The lowest BCUT2D eigenvalue weighted by Gasteiger charge is -2.06. The van der Waals surface area contributed by atoms with E-state index >= 15 is 0 Å². The Bertz CT molecular complexity index is 612. The second-order valence-corrected chi connectivity index (χ2v) is 5.78. The zero-order valence-corrected chi connectivity index (χ0v) is 10.6. The van der Waals surface area contributed by atoms with Gasteiger partial charge in [-0.3, -0.25) is 4.57 Å². The highest BCUT2D eigenvalue weighted by atomic mass is 32.2. The quantitative estimate of drug-likeness (QED) is 0.835. The summed E-state index contributed by atoms with van der Waals surface area (Å²) in [6, 6.07) is 7.77. The van der Waals surface area contributed by atoms with Crippen LogP contribution in [0.25, 0.3) is 5.69 Å². The molecule has 2 aromatic rings. The van der Waals surface area contributed by atoms with Crippen molar-refractivity contribution < 1.29 is 8.42 Å². The van der Waals surface area contributed by atoms with E-state index in [4.69, 9.17) is 0 Å². The van der Waals surface area contributed by atoms with Gasteiger partial charge >= 0.3 is 0 Å². The maximum absolute atomic E-state index is 11.5. The van der Waals surface area contributed by atoms with Crippen molar-refractivity contribution >= 4 is 9.84 Å². The first-order valence-electron chi connectivity index (χ1n) is 5.35. The molecule has 5 heteroatoms. The summed E-state index contributed by atoms with van der Waals surface area (Å²) in [5.74, 6) is 0. The Kier molecular flexibility index (Phi) is 3.02. The fourth-order valence-electron chi connectivity index (χ4n) is 1.65. The van der Waals surface area contributed by atoms with Crippen molar-refractivity contribution in [2.45, 2.75) is 18.5 Å². The van der Waals surface area contributed by atoms with Crippen LogP contribution in [0.2, 0.25) is 0 Å². The van der Waals surface area contributed by atoms with Gasteiger partial charge in [0.25, 0.3) is 0 Å². The van der Waals surface area contributed by atoms with E-state index in [1.165, 1.54) is 11.8 Å². The van der Waals surface area contributed by atoms with Gasteiger partial charge in [-0.05, 0) is 24.1 Å². The number of aryl methyl sites for hydroxylation is 1. The molecule has 1 heterocycles. The van der Waals surface area contributed by atoms with Crippen LogP contribution >= 0.6 is 0 Å². The van der Waals surface area contributed by atoms with E-state index in [1.54, 1.807) is 10.8 Å². The standard InChI is InChI=1S/C12H14N2O2S/c1-3-10-4-6-11(7-5-10)14-9-8-13-12(14)17(2,15)16/h4-9H,3H2,1-2H3. The van der Waals surface area contributed by atoms with Crippen LogP contribution in [-0.4, -0.2) is 24.2 Å². The van der Waals surface area contributed by atoms with Gasteiger partial charge < -0.3 is 0 Å². The lowest BCUT2D eigenvalue weighted by atomic mass is 10.1. The molecular formula is C12H14N2O2S. The summed E-state index contributed by atoms with van der Waals surface area (Å²) in [5, 5.41) is 0.0711. The predicted molar refractivity (Wildman–Crippen MR) is 66.1 cm³/mol. The molecule has 0 saturated carbocycles. The first-order valence-corrected chi connectivity index (χ1v) is 7.24. The molecule has 0 spiro atoms. The van der Waals surface area contributed by atoms with Crippen LogP contribution in [0.3, 0.4) is 0 Å². The van der Waals surface area contributed by atoms with Gasteiger partial charge in [-0.15, -0.1) is 0 Å². The summed E-state index contributed by atoms with van der Waals surface area (Å²) < 4.78 is 24.6. The predicted octanol–water partition coefficient (Wildman–Crippen LogP) is 1.84. The lowest BCUT2D eigenvalue weighted by molar-refractivity contribution is 0.590. The number of aromatic nitrogens is 2. The minimum atomic E-state index is -3.30. The fourth-order valence-corrected chi connectivity index (χ4v) is 2.43. The number of imidazole rings is 1. The molecule has 2 rings (SSSR count). The minimum Gasteiger partial charge on any atom is -0.291 e. The number of rotatable bonds is 3. The third-order valence-electron chi connectivity index (χ3n) is 2.56. The Labute approximate surface area is 101 Å². The topological polar surface area (TPSA) is 52.0 Å². The van der Waals surface area contributed by atoms with E-state index < -0.39 is 9.84 Å². The van der Waals surface area contributed by atoms with E-state index in [-0.39, 0.29) is 5.16 Å². The Morgan fingerprint density at radius 2 is 1.88 bits per heavy atom. The average molecular weight is 250 g/mol. The molecule has 0 fully saturated rings. The number of benzene rings is 1.